The number of hydrogen-bond donors (Lipinski definition) is 6. The van der Waals surface area contributed by atoms with Crippen LogP contribution in [-0.4, -0.2) is 105 Å². The number of benzene rings is 1. The van der Waals surface area contributed by atoms with Gasteiger partial charge in [-0.3, -0.25) is 19.2 Å². The van der Waals surface area contributed by atoms with Gasteiger partial charge in [0, 0.05) is 55.7 Å². The molecule has 0 radical (unpaired) electrons. The number of allylic oxidation sites excluding steroid dienone is 4. The molecular weight excluding hydrogens is 708 g/mol. The number of amides is 1. The molecule has 1 aromatic carbocycles. The number of methoxy groups -OCH3 is 1. The second-order valence-corrected chi connectivity index (χ2v) is 14.2. The lowest BCUT2D eigenvalue weighted by Crippen LogP contribution is -2.53. The molecule has 3 aliphatic rings. The Morgan fingerprint density at radius 2 is 1.81 bits per heavy atom. The van der Waals surface area contributed by atoms with Gasteiger partial charge in [0.05, 0.1) is 42.1 Å². The van der Waals surface area contributed by atoms with Gasteiger partial charge in [0.1, 0.15) is 34.7 Å². The molecule has 1 saturated heterocycles. The van der Waals surface area contributed by atoms with Crippen molar-refractivity contribution >= 4 is 35.0 Å². The van der Waals surface area contributed by atoms with E-state index in [9.17, 15) is 49.2 Å². The quantitative estimate of drug-likeness (QED) is 0.101. The molecular formula is C38H48N2O14. The second kappa shape index (κ2) is 17.2. The number of ketones is 4. The average Bonchev–Trinajstić information content (AvgIpc) is 3.10. The third-order valence-corrected chi connectivity index (χ3v) is 9.76. The number of nitrogens with two attached hydrogens (primary N) is 1. The summed E-state index contributed by atoms with van der Waals surface area (Å²) in [7, 11) is 1.29. The first-order chi connectivity index (χ1) is 25.3. The maximum Gasteiger partial charge on any atom is 0.329 e. The SMILES string of the molecule is C=C1C(=O)c2c(O)c3c(c(O)c2C(=O)C/C=C\C=C1OC)C[C@@](O)(C(=O)COC(=O)[C@@H](NC(=O)CCC(C)=O)C(C)C)C[C@@H]3OC1CC(N)C(O)C(C)O1. The molecule has 2 aliphatic carbocycles. The number of phenols is 2. The Hall–Kier alpha value is -4.74. The smallest absolute Gasteiger partial charge is 0.329 e. The van der Waals surface area contributed by atoms with Gasteiger partial charge in [-0.25, -0.2) is 4.79 Å². The predicted molar refractivity (Wildman–Crippen MR) is 189 cm³/mol. The summed E-state index contributed by atoms with van der Waals surface area (Å²) in [5.41, 5.74) is 1.67. The highest BCUT2D eigenvalue weighted by molar-refractivity contribution is 6.20. The molecule has 0 spiro atoms. The van der Waals surface area contributed by atoms with E-state index in [0.29, 0.717) is 0 Å². The number of ether oxygens (including phenoxy) is 4. The Morgan fingerprint density at radius 3 is 2.43 bits per heavy atom. The van der Waals surface area contributed by atoms with E-state index in [4.69, 9.17) is 24.7 Å². The average molecular weight is 757 g/mol. The van der Waals surface area contributed by atoms with Crippen molar-refractivity contribution in [3.63, 3.8) is 0 Å². The van der Waals surface area contributed by atoms with Gasteiger partial charge in [-0.15, -0.1) is 0 Å². The first-order valence-electron chi connectivity index (χ1n) is 17.5. The highest BCUT2D eigenvalue weighted by Gasteiger charge is 2.50. The lowest BCUT2D eigenvalue weighted by atomic mass is 9.73. The fourth-order valence-electron chi connectivity index (χ4n) is 6.65. The number of esters is 1. The molecule has 4 rings (SSSR count). The van der Waals surface area contributed by atoms with Crippen LogP contribution >= 0.6 is 0 Å². The summed E-state index contributed by atoms with van der Waals surface area (Å²) in [5.74, 6) is -6.66. The van der Waals surface area contributed by atoms with E-state index in [1.165, 1.54) is 32.3 Å². The molecule has 1 heterocycles. The zero-order valence-electron chi connectivity index (χ0n) is 30.9. The molecule has 1 amide bonds. The number of carbonyl (C=O) groups excluding carboxylic acids is 6. The van der Waals surface area contributed by atoms with Gasteiger partial charge in [0.25, 0.3) is 0 Å². The number of nitrogens with one attached hydrogen (secondary N) is 1. The van der Waals surface area contributed by atoms with Crippen LogP contribution in [0.3, 0.4) is 0 Å². The van der Waals surface area contributed by atoms with Crippen molar-refractivity contribution in [1.29, 1.82) is 0 Å². The van der Waals surface area contributed by atoms with Gasteiger partial charge in [-0.2, -0.15) is 0 Å². The molecule has 0 bridgehead atoms. The van der Waals surface area contributed by atoms with Crippen molar-refractivity contribution in [1.82, 2.24) is 5.32 Å². The molecule has 16 heteroatoms. The summed E-state index contributed by atoms with van der Waals surface area (Å²) >= 11 is 0. The van der Waals surface area contributed by atoms with E-state index in [1.54, 1.807) is 20.8 Å². The van der Waals surface area contributed by atoms with Gasteiger partial charge >= 0.3 is 5.97 Å². The summed E-state index contributed by atoms with van der Waals surface area (Å²) in [6.45, 7) is 8.88. The van der Waals surface area contributed by atoms with Crippen molar-refractivity contribution in [3.05, 3.63) is 58.4 Å². The Labute approximate surface area is 312 Å². The Bertz CT molecular complexity index is 1770. The summed E-state index contributed by atoms with van der Waals surface area (Å²) in [6.07, 6.45) is -2.24. The molecule has 1 fully saturated rings. The number of aromatic hydroxyl groups is 2. The molecule has 294 valence electrons. The number of hydrogen-bond acceptors (Lipinski definition) is 15. The largest absolute Gasteiger partial charge is 0.507 e. The Morgan fingerprint density at radius 1 is 1.13 bits per heavy atom. The predicted octanol–water partition coefficient (Wildman–Crippen LogP) is 1.69. The van der Waals surface area contributed by atoms with E-state index >= 15 is 0 Å². The lowest BCUT2D eigenvalue weighted by Gasteiger charge is -2.42. The van der Waals surface area contributed by atoms with Crippen molar-refractivity contribution in [2.75, 3.05) is 13.7 Å². The molecule has 0 saturated carbocycles. The standard InChI is InChI=1S/C38H48N2O14/c1-17(2)32(40-27(44)12-11-18(3)41)37(49)52-16-26(43)38(50)14-21-29(25(15-38)54-28-13-22(39)34(46)20(5)53-28)36(48)31-30(35(21)47)23(42)9-7-8-10-24(51-6)19(4)33(31)45/h7-8,10,17,20,22,25,28,32,34,46-48,50H,4,9,11-16,39H2,1-3,5-6H3,(H,40,44)/b8-7-,24-10?/t20?,22?,25-,28?,32-,34?,38-/m0/s1. The number of aliphatic hydroxyl groups excluding tert-OH is 1. The topological polar surface area (TPSA) is 258 Å². The van der Waals surface area contributed by atoms with Crippen LogP contribution in [0.2, 0.25) is 0 Å². The molecule has 1 aromatic rings. The van der Waals surface area contributed by atoms with Crippen LogP contribution in [0, 0.1) is 5.92 Å². The van der Waals surface area contributed by atoms with Crippen LogP contribution in [0.25, 0.3) is 0 Å². The lowest BCUT2D eigenvalue weighted by molar-refractivity contribution is -0.247. The monoisotopic (exact) mass is 756 g/mol. The van der Waals surface area contributed by atoms with Crippen molar-refractivity contribution in [3.8, 4) is 11.5 Å². The summed E-state index contributed by atoms with van der Waals surface area (Å²) in [5, 5.41) is 48.4. The second-order valence-electron chi connectivity index (χ2n) is 14.2. The molecule has 7 N–H and O–H groups in total. The minimum Gasteiger partial charge on any atom is -0.507 e. The van der Waals surface area contributed by atoms with E-state index in [2.05, 4.69) is 11.9 Å². The van der Waals surface area contributed by atoms with Gasteiger partial charge in [-0.05, 0) is 25.8 Å². The van der Waals surface area contributed by atoms with Crippen LogP contribution in [0.1, 0.15) is 97.7 Å². The first-order valence-corrected chi connectivity index (χ1v) is 17.5. The van der Waals surface area contributed by atoms with Crippen molar-refractivity contribution < 1.29 is 68.1 Å². The van der Waals surface area contributed by atoms with Crippen LogP contribution < -0.4 is 11.1 Å². The number of Topliss-reactive ketones (excluding diaryl/α,β-unsaturated/α-hetero) is 4. The summed E-state index contributed by atoms with van der Waals surface area (Å²) in [4.78, 5) is 78.0. The minimum atomic E-state index is -2.46. The molecule has 16 nitrogen and oxygen atoms in total. The zero-order valence-corrected chi connectivity index (χ0v) is 30.9. The van der Waals surface area contributed by atoms with E-state index in [0.717, 1.165) is 0 Å². The normalized spacial score (nSPS) is 26.9. The molecule has 54 heavy (non-hydrogen) atoms. The molecule has 0 aromatic heterocycles. The van der Waals surface area contributed by atoms with Gasteiger partial charge in [0.2, 0.25) is 17.5 Å². The zero-order chi connectivity index (χ0) is 40.2. The number of phenolic OH excluding ortho intramolecular Hbond substituents is 2. The molecule has 4 unspecified atom stereocenters. The van der Waals surface area contributed by atoms with Crippen LogP contribution in [0.5, 0.6) is 11.5 Å². The fraction of sp³-hybridized carbons (Fsp3) is 0.526. The third-order valence-electron chi connectivity index (χ3n) is 9.76. The number of rotatable bonds is 12. The van der Waals surface area contributed by atoms with Gasteiger partial charge in [0.15, 0.2) is 18.7 Å². The Balaban J connectivity index is 1.76. The highest BCUT2D eigenvalue weighted by atomic mass is 16.7. The first kappa shape index (κ1) is 42.0. The molecule has 1 aliphatic heterocycles. The fourth-order valence-corrected chi connectivity index (χ4v) is 6.65. The van der Waals surface area contributed by atoms with Crippen LogP contribution in [0.4, 0.5) is 0 Å². The minimum absolute atomic E-state index is 0.0166. The number of aliphatic hydroxyl groups is 2. The summed E-state index contributed by atoms with van der Waals surface area (Å²) in [6, 6.07) is -2.02. The summed E-state index contributed by atoms with van der Waals surface area (Å²) < 4.78 is 22.5. The van der Waals surface area contributed by atoms with E-state index in [-0.39, 0.29) is 53.9 Å². The Kier molecular flexibility index (Phi) is 13.3. The van der Waals surface area contributed by atoms with E-state index < -0.39 is 120 Å². The maximum absolute atomic E-state index is 13.9. The van der Waals surface area contributed by atoms with Crippen molar-refractivity contribution in [2.24, 2.45) is 11.7 Å². The van der Waals surface area contributed by atoms with Gasteiger partial charge < -0.3 is 55.2 Å². The highest BCUT2D eigenvalue weighted by Crippen LogP contribution is 2.51. The van der Waals surface area contributed by atoms with Crippen molar-refractivity contribution in [2.45, 2.75) is 109 Å². The third kappa shape index (κ3) is 8.96. The molecule has 7 atom stereocenters. The number of carbonyl (C=O) groups is 6. The van der Waals surface area contributed by atoms with Crippen LogP contribution in [0.15, 0.2) is 36.1 Å². The van der Waals surface area contributed by atoms with Gasteiger partial charge in [-0.1, -0.05) is 32.6 Å². The maximum atomic E-state index is 13.9. The van der Waals surface area contributed by atoms with Crippen LogP contribution in [-0.2, 0) is 44.5 Å². The van der Waals surface area contributed by atoms with E-state index in [1.807, 2.05) is 0 Å². The number of fused-ring (bicyclic) bond motifs is 2.